The van der Waals surface area contributed by atoms with Crippen LogP contribution in [0.4, 0.5) is 0 Å². The number of benzene rings is 1. The lowest BCUT2D eigenvalue weighted by Crippen LogP contribution is -2.19. The number of aliphatic imine (C=N–C) groups is 1. The highest BCUT2D eigenvalue weighted by atomic mass is 79.9. The van der Waals surface area contributed by atoms with Crippen molar-refractivity contribution in [1.29, 1.82) is 5.26 Å². The molecule has 0 aliphatic carbocycles. The average molecular weight is 347 g/mol. The van der Waals surface area contributed by atoms with Crippen molar-refractivity contribution in [3.05, 3.63) is 40.4 Å². The van der Waals surface area contributed by atoms with E-state index in [9.17, 15) is 5.11 Å². The molecule has 0 radical (unpaired) electrons. The molecule has 0 saturated carbocycles. The number of phenols is 1. The molecule has 4 heteroatoms. The molecule has 1 unspecified atom stereocenters. The fourth-order valence-electron chi connectivity index (χ4n) is 2.67. The lowest BCUT2D eigenvalue weighted by Gasteiger charge is -2.26. The standard InChI is InChI=1S/C17H19BrN2O/c18-16-13-14(21)7-8-15(16)17(10-6-12-20-17)9-4-2-1-3-5-11-19/h6-8,10,12-13,21H,1-5,9H2. The van der Waals surface area contributed by atoms with E-state index in [1.54, 1.807) is 12.1 Å². The van der Waals surface area contributed by atoms with Crippen LogP contribution in [0.1, 0.15) is 44.1 Å². The highest BCUT2D eigenvalue weighted by Gasteiger charge is 2.31. The van der Waals surface area contributed by atoms with Crippen LogP contribution in [0.5, 0.6) is 5.75 Å². The zero-order chi connectivity index (χ0) is 15.1. The van der Waals surface area contributed by atoms with Gasteiger partial charge in [-0.1, -0.05) is 47.3 Å². The second kappa shape index (κ2) is 7.42. The SMILES string of the molecule is N#CCCCCCCC1(c2ccc(O)cc2Br)C=CC=N1. The third-order valence-corrected chi connectivity index (χ3v) is 4.43. The first-order valence-corrected chi connectivity index (χ1v) is 8.06. The molecule has 1 heterocycles. The van der Waals surface area contributed by atoms with Crippen molar-refractivity contribution >= 4 is 22.1 Å². The molecule has 1 N–H and O–H groups in total. The number of rotatable bonds is 7. The van der Waals surface area contributed by atoms with E-state index in [1.807, 2.05) is 18.4 Å². The summed E-state index contributed by atoms with van der Waals surface area (Å²) in [6, 6.07) is 7.53. The molecule has 0 amide bonds. The Hall–Kier alpha value is -1.60. The van der Waals surface area contributed by atoms with Crippen LogP contribution < -0.4 is 0 Å². The summed E-state index contributed by atoms with van der Waals surface area (Å²) in [5, 5.41) is 18.1. The van der Waals surface area contributed by atoms with Crippen LogP contribution in [-0.4, -0.2) is 11.3 Å². The minimum atomic E-state index is -0.318. The predicted molar refractivity (Wildman–Crippen MR) is 88.4 cm³/mol. The van der Waals surface area contributed by atoms with E-state index in [0.717, 1.165) is 42.1 Å². The lowest BCUT2D eigenvalue weighted by atomic mass is 9.85. The maximum Gasteiger partial charge on any atom is 0.116 e. The number of hydrogen-bond donors (Lipinski definition) is 1. The number of nitrogens with zero attached hydrogens (tertiary/aromatic N) is 2. The van der Waals surface area contributed by atoms with Crippen LogP contribution in [0.25, 0.3) is 0 Å². The summed E-state index contributed by atoms with van der Waals surface area (Å²) >= 11 is 3.53. The Balaban J connectivity index is 2.03. The minimum Gasteiger partial charge on any atom is -0.508 e. The molecular formula is C17H19BrN2O. The molecule has 0 saturated heterocycles. The fourth-order valence-corrected chi connectivity index (χ4v) is 3.38. The van der Waals surface area contributed by atoms with Gasteiger partial charge in [-0.05, 0) is 36.6 Å². The van der Waals surface area contributed by atoms with Gasteiger partial charge in [0.25, 0.3) is 0 Å². The molecule has 0 spiro atoms. The molecule has 0 aromatic heterocycles. The van der Waals surface area contributed by atoms with E-state index in [1.165, 1.54) is 0 Å². The summed E-state index contributed by atoms with van der Waals surface area (Å²) in [4.78, 5) is 4.66. The quantitative estimate of drug-likeness (QED) is 0.717. The van der Waals surface area contributed by atoms with Gasteiger partial charge >= 0.3 is 0 Å². The van der Waals surface area contributed by atoms with E-state index < -0.39 is 0 Å². The maximum absolute atomic E-state index is 9.55. The van der Waals surface area contributed by atoms with Gasteiger partial charge in [0.1, 0.15) is 11.3 Å². The van der Waals surface area contributed by atoms with Crippen LogP contribution >= 0.6 is 15.9 Å². The second-order valence-electron chi connectivity index (χ2n) is 5.30. The first-order valence-electron chi connectivity index (χ1n) is 7.27. The van der Waals surface area contributed by atoms with Gasteiger partial charge < -0.3 is 5.11 Å². The van der Waals surface area contributed by atoms with E-state index in [4.69, 9.17) is 5.26 Å². The molecule has 0 fully saturated rings. The van der Waals surface area contributed by atoms with Crippen molar-refractivity contribution in [2.24, 2.45) is 4.99 Å². The minimum absolute atomic E-state index is 0.253. The van der Waals surface area contributed by atoms with E-state index in [-0.39, 0.29) is 11.3 Å². The third kappa shape index (κ3) is 3.95. The summed E-state index contributed by atoms with van der Waals surface area (Å²) in [7, 11) is 0. The second-order valence-corrected chi connectivity index (χ2v) is 6.15. The number of hydrogen-bond acceptors (Lipinski definition) is 3. The molecule has 1 atom stereocenters. The number of halogens is 1. The van der Waals surface area contributed by atoms with Crippen molar-refractivity contribution in [3.63, 3.8) is 0 Å². The zero-order valence-corrected chi connectivity index (χ0v) is 13.5. The normalized spacial score (nSPS) is 19.8. The largest absolute Gasteiger partial charge is 0.508 e. The van der Waals surface area contributed by atoms with Gasteiger partial charge in [-0.25, -0.2) is 0 Å². The molecular weight excluding hydrogens is 328 g/mol. The van der Waals surface area contributed by atoms with Crippen molar-refractivity contribution in [2.45, 2.75) is 44.1 Å². The molecule has 21 heavy (non-hydrogen) atoms. The summed E-state index contributed by atoms with van der Waals surface area (Å²) < 4.78 is 0.885. The smallest absolute Gasteiger partial charge is 0.116 e. The summed E-state index contributed by atoms with van der Waals surface area (Å²) in [6.07, 6.45) is 11.8. The van der Waals surface area contributed by atoms with Gasteiger partial charge in [0.2, 0.25) is 0 Å². The highest BCUT2D eigenvalue weighted by Crippen LogP contribution is 2.40. The number of allylic oxidation sites excluding steroid dienone is 1. The summed E-state index contributed by atoms with van der Waals surface area (Å²) in [5.74, 6) is 0.253. The van der Waals surface area contributed by atoms with Crippen molar-refractivity contribution < 1.29 is 5.11 Å². The molecule has 1 aliphatic rings. The average Bonchev–Trinajstić information content (AvgIpc) is 2.92. The van der Waals surface area contributed by atoms with Gasteiger partial charge in [0.15, 0.2) is 0 Å². The van der Waals surface area contributed by atoms with Crippen LogP contribution in [0.2, 0.25) is 0 Å². The number of unbranched alkanes of at least 4 members (excludes halogenated alkanes) is 4. The monoisotopic (exact) mass is 346 g/mol. The van der Waals surface area contributed by atoms with E-state index in [0.29, 0.717) is 6.42 Å². The Bertz CT molecular complexity index is 575. The first kappa shape index (κ1) is 15.8. The number of aromatic hydroxyl groups is 1. The molecule has 1 aromatic rings. The zero-order valence-electron chi connectivity index (χ0n) is 11.9. The van der Waals surface area contributed by atoms with E-state index >= 15 is 0 Å². The number of nitriles is 1. The Morgan fingerprint density at radius 2 is 2.05 bits per heavy atom. The van der Waals surface area contributed by atoms with Gasteiger partial charge in [0, 0.05) is 17.1 Å². The van der Waals surface area contributed by atoms with Crippen LogP contribution in [0.15, 0.2) is 39.8 Å². The van der Waals surface area contributed by atoms with Gasteiger partial charge in [-0.15, -0.1) is 0 Å². The van der Waals surface area contributed by atoms with E-state index in [2.05, 4.69) is 33.1 Å². The maximum atomic E-state index is 9.55. The molecule has 0 bridgehead atoms. The van der Waals surface area contributed by atoms with Crippen molar-refractivity contribution in [3.8, 4) is 11.8 Å². The molecule has 3 nitrogen and oxygen atoms in total. The fraction of sp³-hybridized carbons (Fsp3) is 0.412. The van der Waals surface area contributed by atoms with Crippen molar-refractivity contribution in [1.82, 2.24) is 0 Å². The van der Waals surface area contributed by atoms with Crippen LogP contribution in [0, 0.1) is 11.3 Å². The lowest BCUT2D eigenvalue weighted by molar-refractivity contribution is 0.465. The topological polar surface area (TPSA) is 56.4 Å². The third-order valence-electron chi connectivity index (χ3n) is 3.78. The van der Waals surface area contributed by atoms with Crippen molar-refractivity contribution in [2.75, 3.05) is 0 Å². The summed E-state index contributed by atoms with van der Waals surface area (Å²) in [6.45, 7) is 0. The summed E-state index contributed by atoms with van der Waals surface area (Å²) in [5.41, 5.74) is 0.768. The molecule has 1 aromatic carbocycles. The predicted octanol–water partition coefficient (Wildman–Crippen LogP) is 4.85. The Morgan fingerprint density at radius 3 is 2.71 bits per heavy atom. The molecule has 2 rings (SSSR count). The molecule has 1 aliphatic heterocycles. The van der Waals surface area contributed by atoms with Gasteiger partial charge in [0.05, 0.1) is 6.07 Å². The Kier molecular flexibility index (Phi) is 5.58. The Labute approximate surface area is 134 Å². The Morgan fingerprint density at radius 1 is 1.24 bits per heavy atom. The van der Waals surface area contributed by atoms with Crippen LogP contribution in [0.3, 0.4) is 0 Å². The highest BCUT2D eigenvalue weighted by molar-refractivity contribution is 9.10. The van der Waals surface area contributed by atoms with Gasteiger partial charge in [-0.2, -0.15) is 5.26 Å². The van der Waals surface area contributed by atoms with Gasteiger partial charge in [-0.3, -0.25) is 4.99 Å². The molecule has 110 valence electrons. The van der Waals surface area contributed by atoms with Crippen LogP contribution in [-0.2, 0) is 5.54 Å². The first-order chi connectivity index (χ1) is 10.2. The number of phenolic OH excluding ortho intramolecular Hbond substituents is 1.